The Morgan fingerprint density at radius 2 is 1.33 bits per heavy atom. The molecule has 0 aromatic heterocycles. The second kappa shape index (κ2) is 5.76. The summed E-state index contributed by atoms with van der Waals surface area (Å²) in [4.78, 5) is 2.63. The van der Waals surface area contributed by atoms with Crippen molar-refractivity contribution in [2.75, 3.05) is 13.1 Å². The summed E-state index contributed by atoms with van der Waals surface area (Å²) in [6.07, 6.45) is 2.62. The Hall–Kier alpha value is -0.820. The maximum absolute atomic E-state index is 2.63. The van der Waals surface area contributed by atoms with Crippen molar-refractivity contribution in [1.29, 1.82) is 0 Å². The molecule has 0 unspecified atom stereocenters. The van der Waals surface area contributed by atoms with Crippen molar-refractivity contribution in [3.63, 3.8) is 0 Å². The van der Waals surface area contributed by atoms with Crippen LogP contribution in [0.5, 0.6) is 0 Å². The Morgan fingerprint density at radius 1 is 0.857 bits per heavy atom. The first-order valence-corrected chi connectivity index (χ1v) is 8.42. The average Bonchev–Trinajstić information content (AvgIpc) is 2.38. The molecule has 1 nitrogen and oxygen atoms in total. The first-order chi connectivity index (χ1) is 9.66. The summed E-state index contributed by atoms with van der Waals surface area (Å²) >= 11 is 0. The van der Waals surface area contributed by atoms with E-state index < -0.39 is 0 Å². The molecule has 118 valence electrons. The Bertz CT molecular complexity index is 423. The van der Waals surface area contributed by atoms with Crippen LogP contribution in [-0.2, 0) is 6.54 Å². The molecule has 21 heavy (non-hydrogen) atoms. The van der Waals surface area contributed by atoms with Gasteiger partial charge in [0, 0.05) is 6.54 Å². The highest BCUT2D eigenvalue weighted by Crippen LogP contribution is 2.57. The largest absolute Gasteiger partial charge is 0.299 e. The highest BCUT2D eigenvalue weighted by molar-refractivity contribution is 5.14. The molecule has 1 saturated heterocycles. The van der Waals surface area contributed by atoms with E-state index in [9.17, 15) is 0 Å². The first kappa shape index (κ1) is 16.5. The Morgan fingerprint density at radius 3 is 1.76 bits per heavy atom. The number of rotatable bonds is 2. The normalized spacial score (nSPS) is 20.5. The standard InChI is InChI=1S/C20H33N/c1-18(2,3)20(19(4,5)6)12-14-21(15-13-20)16-17-10-8-7-9-11-17/h7-11H,12-16H2,1-6H3. The van der Waals surface area contributed by atoms with Gasteiger partial charge in [0.1, 0.15) is 0 Å². The van der Waals surface area contributed by atoms with Crippen LogP contribution in [-0.4, -0.2) is 18.0 Å². The van der Waals surface area contributed by atoms with E-state index >= 15 is 0 Å². The monoisotopic (exact) mass is 287 g/mol. The molecule has 1 aliphatic rings. The first-order valence-electron chi connectivity index (χ1n) is 8.42. The lowest BCUT2D eigenvalue weighted by Crippen LogP contribution is -2.53. The van der Waals surface area contributed by atoms with Crippen molar-refractivity contribution in [2.24, 2.45) is 16.2 Å². The predicted octanol–water partition coefficient (Wildman–Crippen LogP) is 5.36. The van der Waals surface area contributed by atoms with Crippen LogP contribution in [0, 0.1) is 16.2 Å². The van der Waals surface area contributed by atoms with Gasteiger partial charge in [-0.1, -0.05) is 71.9 Å². The highest BCUT2D eigenvalue weighted by Gasteiger charge is 2.51. The number of hydrogen-bond donors (Lipinski definition) is 0. The van der Waals surface area contributed by atoms with E-state index in [1.807, 2.05) is 0 Å². The molecular weight excluding hydrogens is 254 g/mol. The molecule has 1 aromatic rings. The van der Waals surface area contributed by atoms with Crippen LogP contribution in [0.2, 0.25) is 0 Å². The van der Waals surface area contributed by atoms with E-state index in [4.69, 9.17) is 0 Å². The summed E-state index contributed by atoms with van der Waals surface area (Å²) in [5.41, 5.74) is 2.61. The Labute approximate surface area is 131 Å². The number of nitrogens with zero attached hydrogens (tertiary/aromatic N) is 1. The minimum Gasteiger partial charge on any atom is -0.299 e. The summed E-state index contributed by atoms with van der Waals surface area (Å²) in [6, 6.07) is 10.9. The zero-order valence-electron chi connectivity index (χ0n) is 14.9. The van der Waals surface area contributed by atoms with Crippen LogP contribution >= 0.6 is 0 Å². The summed E-state index contributed by atoms with van der Waals surface area (Å²) in [6.45, 7) is 18.2. The van der Waals surface area contributed by atoms with Gasteiger partial charge in [0.15, 0.2) is 0 Å². The van der Waals surface area contributed by atoms with Gasteiger partial charge in [-0.15, -0.1) is 0 Å². The van der Waals surface area contributed by atoms with Crippen LogP contribution < -0.4 is 0 Å². The molecule has 1 heteroatoms. The molecule has 0 N–H and O–H groups in total. The zero-order valence-corrected chi connectivity index (χ0v) is 14.9. The van der Waals surface area contributed by atoms with Gasteiger partial charge >= 0.3 is 0 Å². The molecule has 0 aliphatic carbocycles. The number of benzene rings is 1. The fourth-order valence-corrected chi connectivity index (χ4v) is 4.56. The summed E-state index contributed by atoms with van der Waals surface area (Å²) in [5, 5.41) is 0. The molecule has 2 rings (SSSR count). The number of likely N-dealkylation sites (tertiary alicyclic amines) is 1. The van der Waals surface area contributed by atoms with Crippen molar-refractivity contribution in [2.45, 2.75) is 60.9 Å². The molecule has 1 aromatic carbocycles. The van der Waals surface area contributed by atoms with Crippen molar-refractivity contribution in [1.82, 2.24) is 4.90 Å². The highest BCUT2D eigenvalue weighted by atomic mass is 15.1. The molecule has 1 heterocycles. The van der Waals surface area contributed by atoms with Crippen molar-refractivity contribution in [3.8, 4) is 0 Å². The molecule has 0 radical (unpaired) electrons. The molecule has 0 atom stereocenters. The van der Waals surface area contributed by atoms with Gasteiger partial charge in [0.2, 0.25) is 0 Å². The smallest absolute Gasteiger partial charge is 0.0233 e. The van der Waals surface area contributed by atoms with Crippen molar-refractivity contribution >= 4 is 0 Å². The lowest BCUT2D eigenvalue weighted by molar-refractivity contribution is -0.0828. The molecule has 0 bridgehead atoms. The molecule has 1 aliphatic heterocycles. The van der Waals surface area contributed by atoms with E-state index in [0.29, 0.717) is 16.2 Å². The fraction of sp³-hybridized carbons (Fsp3) is 0.700. The van der Waals surface area contributed by atoms with Gasteiger partial charge in [0.05, 0.1) is 0 Å². The third-order valence-corrected chi connectivity index (χ3v) is 5.83. The molecule has 1 fully saturated rings. The third-order valence-electron chi connectivity index (χ3n) is 5.83. The second-order valence-electron chi connectivity index (χ2n) is 8.84. The number of hydrogen-bond acceptors (Lipinski definition) is 1. The molecule has 0 amide bonds. The van der Waals surface area contributed by atoms with Crippen LogP contribution in [0.1, 0.15) is 59.9 Å². The lowest BCUT2D eigenvalue weighted by atomic mass is 9.50. The van der Waals surface area contributed by atoms with Gasteiger partial charge in [-0.2, -0.15) is 0 Å². The summed E-state index contributed by atoms with van der Waals surface area (Å²) < 4.78 is 0. The van der Waals surface area contributed by atoms with E-state index in [1.54, 1.807) is 0 Å². The minimum atomic E-state index is 0.365. The molecular formula is C20H33N. The van der Waals surface area contributed by atoms with Crippen LogP contribution in [0.15, 0.2) is 30.3 Å². The summed E-state index contributed by atoms with van der Waals surface area (Å²) in [7, 11) is 0. The topological polar surface area (TPSA) is 3.24 Å². The van der Waals surface area contributed by atoms with Gasteiger partial charge < -0.3 is 0 Å². The van der Waals surface area contributed by atoms with E-state index in [0.717, 1.165) is 6.54 Å². The maximum Gasteiger partial charge on any atom is 0.0233 e. The maximum atomic E-state index is 2.63. The number of piperidine rings is 1. The van der Waals surface area contributed by atoms with Crippen LogP contribution in [0.25, 0.3) is 0 Å². The van der Waals surface area contributed by atoms with Gasteiger partial charge in [-0.05, 0) is 47.7 Å². The average molecular weight is 287 g/mol. The minimum absolute atomic E-state index is 0.365. The van der Waals surface area contributed by atoms with E-state index in [1.165, 1.54) is 31.5 Å². The van der Waals surface area contributed by atoms with Gasteiger partial charge in [-0.3, -0.25) is 4.90 Å². The van der Waals surface area contributed by atoms with Gasteiger partial charge in [-0.25, -0.2) is 0 Å². The predicted molar refractivity (Wildman–Crippen MR) is 92.3 cm³/mol. The van der Waals surface area contributed by atoms with E-state index in [-0.39, 0.29) is 0 Å². The lowest BCUT2D eigenvalue weighted by Gasteiger charge is -2.57. The van der Waals surface area contributed by atoms with Crippen molar-refractivity contribution < 1.29 is 0 Å². The molecule has 0 spiro atoms. The zero-order chi connectivity index (χ0) is 15.7. The Balaban J connectivity index is 2.07. The summed E-state index contributed by atoms with van der Waals surface area (Å²) in [5.74, 6) is 0. The quantitative estimate of drug-likeness (QED) is 0.707. The second-order valence-corrected chi connectivity index (χ2v) is 8.84. The van der Waals surface area contributed by atoms with E-state index in [2.05, 4.69) is 76.8 Å². The third kappa shape index (κ3) is 3.34. The van der Waals surface area contributed by atoms with Crippen molar-refractivity contribution in [3.05, 3.63) is 35.9 Å². The van der Waals surface area contributed by atoms with Crippen LogP contribution in [0.4, 0.5) is 0 Å². The van der Waals surface area contributed by atoms with Crippen LogP contribution in [0.3, 0.4) is 0 Å². The molecule has 0 saturated carbocycles. The fourth-order valence-electron chi connectivity index (χ4n) is 4.56. The Kier molecular flexibility index (Phi) is 4.54. The van der Waals surface area contributed by atoms with Gasteiger partial charge in [0.25, 0.3) is 0 Å². The SMILES string of the molecule is CC(C)(C)C1(C(C)(C)C)CCN(Cc2ccccc2)CC1.